The zero-order valence-electron chi connectivity index (χ0n) is 7.88. The van der Waals surface area contributed by atoms with Crippen LogP contribution >= 0.6 is 0 Å². The first-order valence-electron chi connectivity index (χ1n) is 4.59. The molecule has 0 fully saturated rings. The van der Waals surface area contributed by atoms with Crippen molar-refractivity contribution in [2.45, 2.75) is 39.5 Å². The first-order valence-corrected chi connectivity index (χ1v) is 4.59. The first kappa shape index (κ1) is 11.2. The summed E-state index contributed by atoms with van der Waals surface area (Å²) >= 11 is 0. The second-order valence-electron chi connectivity index (χ2n) is 2.90. The lowest BCUT2D eigenvalue weighted by Crippen LogP contribution is -2.29. The average molecular weight is 169 g/mol. The molecule has 0 radical (unpaired) electrons. The van der Waals surface area contributed by atoms with Crippen LogP contribution in [-0.4, -0.2) is 5.97 Å². The van der Waals surface area contributed by atoms with Gasteiger partial charge in [0.05, 0.1) is 0 Å². The summed E-state index contributed by atoms with van der Waals surface area (Å²) in [6.45, 7) is 3.97. The van der Waals surface area contributed by atoms with E-state index < -0.39 is 11.9 Å². The summed E-state index contributed by atoms with van der Waals surface area (Å²) in [5.74, 6) is -1.37. The minimum atomic E-state index is -0.967. The monoisotopic (exact) mass is 169 g/mol. The van der Waals surface area contributed by atoms with E-state index in [0.29, 0.717) is 6.42 Å². The molecule has 0 aromatic heterocycles. The Bertz CT molecular complexity index is 150. The second kappa shape index (κ2) is 6.89. The van der Waals surface area contributed by atoms with Gasteiger partial charge >= 0.3 is 0 Å². The minimum Gasteiger partial charge on any atom is -0.550 e. The molecule has 0 saturated carbocycles. The van der Waals surface area contributed by atoms with E-state index >= 15 is 0 Å². The average Bonchev–Trinajstić information content (AvgIpc) is 2.04. The SMILES string of the molecule is CCCC/C=C/C(CC)C(=O)[O-]. The molecule has 0 aliphatic heterocycles. The van der Waals surface area contributed by atoms with Crippen LogP contribution in [0.5, 0.6) is 0 Å². The topological polar surface area (TPSA) is 40.1 Å². The number of carboxylic acid groups (broad SMARTS) is 1. The van der Waals surface area contributed by atoms with Gasteiger partial charge in [-0.1, -0.05) is 38.8 Å². The molecule has 2 heteroatoms. The van der Waals surface area contributed by atoms with E-state index in [0.717, 1.165) is 19.3 Å². The van der Waals surface area contributed by atoms with Gasteiger partial charge in [0.25, 0.3) is 0 Å². The second-order valence-corrected chi connectivity index (χ2v) is 2.90. The number of hydrogen-bond donors (Lipinski definition) is 0. The van der Waals surface area contributed by atoms with Crippen molar-refractivity contribution in [3.63, 3.8) is 0 Å². The van der Waals surface area contributed by atoms with Crippen molar-refractivity contribution in [3.8, 4) is 0 Å². The van der Waals surface area contributed by atoms with Gasteiger partial charge in [-0.15, -0.1) is 0 Å². The molecule has 2 nitrogen and oxygen atoms in total. The molecule has 0 amide bonds. The summed E-state index contributed by atoms with van der Waals surface area (Å²) in [5.41, 5.74) is 0. The van der Waals surface area contributed by atoms with Gasteiger partial charge in [0.2, 0.25) is 0 Å². The normalized spacial score (nSPS) is 13.5. The Hall–Kier alpha value is -0.790. The van der Waals surface area contributed by atoms with Crippen LogP contribution in [0.15, 0.2) is 12.2 Å². The molecule has 0 aromatic carbocycles. The molecular formula is C10H17O2-. The number of hydrogen-bond acceptors (Lipinski definition) is 2. The largest absolute Gasteiger partial charge is 0.550 e. The van der Waals surface area contributed by atoms with Gasteiger partial charge in [-0.25, -0.2) is 0 Å². The maximum atomic E-state index is 10.4. The maximum Gasteiger partial charge on any atom is 0.0482 e. The Morgan fingerprint density at radius 3 is 2.58 bits per heavy atom. The van der Waals surface area contributed by atoms with E-state index in [1.165, 1.54) is 0 Å². The van der Waals surface area contributed by atoms with E-state index in [4.69, 9.17) is 0 Å². The number of unbranched alkanes of at least 4 members (excludes halogenated alkanes) is 2. The standard InChI is InChI=1S/C10H18O2/c1-3-5-6-7-8-9(4-2)10(11)12/h7-9H,3-6H2,1-2H3,(H,11,12)/p-1/b8-7+. The Balaban J connectivity index is 3.69. The van der Waals surface area contributed by atoms with Gasteiger partial charge in [-0.2, -0.15) is 0 Å². The highest BCUT2D eigenvalue weighted by atomic mass is 16.4. The Morgan fingerprint density at radius 1 is 1.50 bits per heavy atom. The van der Waals surface area contributed by atoms with E-state index in [1.807, 2.05) is 13.0 Å². The summed E-state index contributed by atoms with van der Waals surface area (Å²) in [5, 5.41) is 10.4. The molecule has 0 saturated heterocycles. The molecule has 0 heterocycles. The molecule has 0 N–H and O–H groups in total. The van der Waals surface area contributed by atoms with E-state index in [9.17, 15) is 9.90 Å². The van der Waals surface area contributed by atoms with Crippen LogP contribution in [0.2, 0.25) is 0 Å². The molecule has 0 rings (SSSR count). The molecule has 12 heavy (non-hydrogen) atoms. The van der Waals surface area contributed by atoms with Gasteiger partial charge in [-0.3, -0.25) is 0 Å². The maximum absolute atomic E-state index is 10.4. The summed E-state index contributed by atoms with van der Waals surface area (Å²) in [4.78, 5) is 10.4. The van der Waals surface area contributed by atoms with Crippen LogP contribution in [0.4, 0.5) is 0 Å². The quantitative estimate of drug-likeness (QED) is 0.446. The van der Waals surface area contributed by atoms with Crippen LogP contribution < -0.4 is 5.11 Å². The van der Waals surface area contributed by atoms with Gasteiger partial charge in [0, 0.05) is 11.9 Å². The number of rotatable bonds is 6. The number of carboxylic acids is 1. The first-order chi connectivity index (χ1) is 5.72. The summed E-state index contributed by atoms with van der Waals surface area (Å²) in [7, 11) is 0. The van der Waals surface area contributed by atoms with Crippen LogP contribution in [0.25, 0.3) is 0 Å². The van der Waals surface area contributed by atoms with Gasteiger partial charge in [-0.05, 0) is 12.8 Å². The van der Waals surface area contributed by atoms with Crippen molar-refractivity contribution in [1.82, 2.24) is 0 Å². The Kier molecular flexibility index (Phi) is 6.44. The van der Waals surface area contributed by atoms with Gasteiger partial charge < -0.3 is 9.90 Å². The molecule has 0 aliphatic carbocycles. The summed E-state index contributed by atoms with van der Waals surface area (Å²) in [6, 6.07) is 0. The van der Waals surface area contributed by atoms with E-state index in [-0.39, 0.29) is 0 Å². The highest BCUT2D eigenvalue weighted by Crippen LogP contribution is 2.04. The van der Waals surface area contributed by atoms with Crippen LogP contribution in [0.1, 0.15) is 39.5 Å². The lowest BCUT2D eigenvalue weighted by Gasteiger charge is -2.09. The molecule has 1 atom stereocenters. The van der Waals surface area contributed by atoms with Crippen molar-refractivity contribution >= 4 is 5.97 Å². The molecule has 0 spiro atoms. The fourth-order valence-electron chi connectivity index (χ4n) is 0.964. The Labute approximate surface area is 74.3 Å². The van der Waals surface area contributed by atoms with E-state index in [1.54, 1.807) is 6.08 Å². The van der Waals surface area contributed by atoms with Crippen LogP contribution in [-0.2, 0) is 4.79 Å². The fraction of sp³-hybridized carbons (Fsp3) is 0.700. The van der Waals surface area contributed by atoms with E-state index in [2.05, 4.69) is 6.92 Å². The van der Waals surface area contributed by atoms with Gasteiger partial charge in [0.1, 0.15) is 0 Å². The molecule has 0 aromatic rings. The lowest BCUT2D eigenvalue weighted by molar-refractivity contribution is -0.309. The summed E-state index contributed by atoms with van der Waals surface area (Å²) < 4.78 is 0. The van der Waals surface area contributed by atoms with Crippen molar-refractivity contribution < 1.29 is 9.90 Å². The molecule has 0 bridgehead atoms. The minimum absolute atomic E-state index is 0.401. The third-order valence-corrected chi connectivity index (χ3v) is 1.84. The number of carbonyl (C=O) groups is 1. The number of aliphatic carboxylic acids is 1. The predicted octanol–water partition coefficient (Wildman–Crippen LogP) is 1.51. The predicted molar refractivity (Wildman–Crippen MR) is 47.5 cm³/mol. The van der Waals surface area contributed by atoms with Crippen LogP contribution in [0, 0.1) is 5.92 Å². The Morgan fingerprint density at radius 2 is 2.17 bits per heavy atom. The number of allylic oxidation sites excluding steroid dienone is 1. The summed E-state index contributed by atoms with van der Waals surface area (Å²) in [6.07, 6.45) is 7.54. The van der Waals surface area contributed by atoms with Crippen molar-refractivity contribution in [3.05, 3.63) is 12.2 Å². The molecule has 1 unspecified atom stereocenters. The lowest BCUT2D eigenvalue weighted by atomic mass is 10.1. The molecule has 70 valence electrons. The van der Waals surface area contributed by atoms with Crippen molar-refractivity contribution in [2.75, 3.05) is 0 Å². The zero-order chi connectivity index (χ0) is 9.40. The van der Waals surface area contributed by atoms with Gasteiger partial charge in [0.15, 0.2) is 0 Å². The third kappa shape index (κ3) is 4.94. The molecule has 0 aliphatic rings. The zero-order valence-corrected chi connectivity index (χ0v) is 7.88. The third-order valence-electron chi connectivity index (χ3n) is 1.84. The highest BCUT2D eigenvalue weighted by Gasteiger charge is 2.00. The van der Waals surface area contributed by atoms with Crippen LogP contribution in [0.3, 0.4) is 0 Å². The van der Waals surface area contributed by atoms with Crippen molar-refractivity contribution in [1.29, 1.82) is 0 Å². The smallest absolute Gasteiger partial charge is 0.0482 e. The highest BCUT2D eigenvalue weighted by molar-refractivity contribution is 5.69. The molecular weight excluding hydrogens is 152 g/mol. The van der Waals surface area contributed by atoms with Crippen molar-refractivity contribution in [2.24, 2.45) is 5.92 Å². The fourth-order valence-corrected chi connectivity index (χ4v) is 0.964. The number of carbonyl (C=O) groups excluding carboxylic acids is 1.